The van der Waals surface area contributed by atoms with Gasteiger partial charge in [0.1, 0.15) is 10.4 Å². The van der Waals surface area contributed by atoms with Gasteiger partial charge >= 0.3 is 0 Å². The smallest absolute Gasteiger partial charge is 0.245 e. The topological polar surface area (TPSA) is 112 Å². The normalized spacial score (nSPS) is 19.0. The average Bonchev–Trinajstić information content (AvgIpc) is 3.39. The van der Waals surface area contributed by atoms with E-state index in [1.165, 1.54) is 15.9 Å². The number of amides is 1. The molecule has 0 saturated carbocycles. The Morgan fingerprint density at radius 2 is 1.64 bits per heavy atom. The summed E-state index contributed by atoms with van der Waals surface area (Å²) in [7, 11) is -3.74. The Morgan fingerprint density at radius 3 is 2.39 bits per heavy atom. The van der Waals surface area contributed by atoms with Crippen molar-refractivity contribution in [1.82, 2.24) is 29.7 Å². The molecule has 0 aliphatic carbocycles. The van der Waals surface area contributed by atoms with Gasteiger partial charge in [0.2, 0.25) is 15.9 Å². The van der Waals surface area contributed by atoms with Gasteiger partial charge in [0.25, 0.3) is 0 Å². The quantitative estimate of drug-likeness (QED) is 0.484. The first-order valence-electron chi connectivity index (χ1n) is 12.5. The van der Waals surface area contributed by atoms with Crippen LogP contribution in [0.1, 0.15) is 18.4 Å². The number of hydrogen-bond acceptors (Lipinski definition) is 8. The van der Waals surface area contributed by atoms with Crippen LogP contribution in [0.3, 0.4) is 0 Å². The number of aromatic nitrogens is 2. The molecule has 0 radical (unpaired) electrons. The molecule has 5 rings (SSSR count). The third-order valence-corrected chi connectivity index (χ3v) is 9.06. The molecule has 36 heavy (non-hydrogen) atoms. The number of hydrogen-bond donors (Lipinski definition) is 1. The van der Waals surface area contributed by atoms with E-state index in [0.717, 1.165) is 39.3 Å². The Hall–Kier alpha value is -2.86. The van der Waals surface area contributed by atoms with Gasteiger partial charge in [0.15, 0.2) is 5.52 Å². The lowest BCUT2D eigenvalue weighted by Gasteiger charge is -2.35. The van der Waals surface area contributed by atoms with Crippen LogP contribution in [0.15, 0.2) is 58.1 Å². The van der Waals surface area contributed by atoms with E-state index in [0.29, 0.717) is 38.0 Å². The molecule has 2 saturated heterocycles. The van der Waals surface area contributed by atoms with Crippen molar-refractivity contribution in [1.29, 1.82) is 0 Å². The Morgan fingerprint density at radius 1 is 0.917 bits per heavy atom. The van der Waals surface area contributed by atoms with Crippen molar-refractivity contribution in [3.8, 4) is 0 Å². The largest absolute Gasteiger partial charge is 0.355 e. The Balaban J connectivity index is 1.04. The monoisotopic (exact) mass is 512 g/mol. The number of benzene rings is 2. The molecule has 0 unspecified atom stereocenters. The SMILES string of the molecule is O=C(NCCN1CCN(Cc2ccccc2)CC1)C1CCN(S(=O)(=O)c2cccc3nonc23)CC1. The number of piperazine rings is 1. The zero-order chi connectivity index (χ0) is 25.0. The van der Waals surface area contributed by atoms with Crippen LogP contribution >= 0.6 is 0 Å². The highest BCUT2D eigenvalue weighted by molar-refractivity contribution is 7.89. The van der Waals surface area contributed by atoms with Crippen LogP contribution in [0.25, 0.3) is 11.0 Å². The van der Waals surface area contributed by atoms with E-state index in [-0.39, 0.29) is 22.2 Å². The van der Waals surface area contributed by atoms with Crippen LogP contribution in [-0.4, -0.2) is 91.1 Å². The zero-order valence-corrected chi connectivity index (χ0v) is 21.1. The third kappa shape index (κ3) is 5.59. The summed E-state index contributed by atoms with van der Waals surface area (Å²) in [5, 5.41) is 10.5. The summed E-state index contributed by atoms with van der Waals surface area (Å²) in [4.78, 5) is 17.7. The van der Waals surface area contributed by atoms with Crippen LogP contribution in [0, 0.1) is 5.92 Å². The molecule has 2 aromatic carbocycles. The van der Waals surface area contributed by atoms with Crippen molar-refractivity contribution in [2.24, 2.45) is 5.92 Å². The number of piperidine rings is 1. The lowest BCUT2D eigenvalue weighted by molar-refractivity contribution is -0.126. The predicted molar refractivity (Wildman–Crippen MR) is 134 cm³/mol. The molecular formula is C25H32N6O4S. The Kier molecular flexibility index (Phi) is 7.61. The van der Waals surface area contributed by atoms with Gasteiger partial charge in [-0.15, -0.1) is 0 Å². The summed E-state index contributed by atoms with van der Waals surface area (Å²) < 4.78 is 32.4. The zero-order valence-electron chi connectivity index (χ0n) is 20.3. The van der Waals surface area contributed by atoms with Crippen molar-refractivity contribution < 1.29 is 17.8 Å². The van der Waals surface area contributed by atoms with Gasteiger partial charge < -0.3 is 5.32 Å². The van der Waals surface area contributed by atoms with Crippen LogP contribution in [0.5, 0.6) is 0 Å². The van der Waals surface area contributed by atoms with Crippen molar-refractivity contribution in [2.75, 3.05) is 52.4 Å². The van der Waals surface area contributed by atoms with E-state index < -0.39 is 10.0 Å². The maximum atomic E-state index is 13.2. The molecule has 11 heteroatoms. The van der Waals surface area contributed by atoms with Gasteiger partial charge in [0.05, 0.1) is 0 Å². The van der Waals surface area contributed by atoms with Crippen molar-refractivity contribution in [2.45, 2.75) is 24.3 Å². The summed E-state index contributed by atoms with van der Waals surface area (Å²) in [6.07, 6.45) is 0.993. The summed E-state index contributed by atoms with van der Waals surface area (Å²) in [5.41, 5.74) is 1.98. The number of carbonyl (C=O) groups excluding carboxylic acids is 1. The van der Waals surface area contributed by atoms with Gasteiger partial charge in [-0.25, -0.2) is 13.0 Å². The number of sulfonamides is 1. The summed E-state index contributed by atoms with van der Waals surface area (Å²) in [6.45, 7) is 7.04. The molecule has 2 aliphatic rings. The molecule has 1 aromatic heterocycles. The number of nitrogens with zero attached hydrogens (tertiary/aromatic N) is 5. The molecule has 3 aromatic rings. The minimum absolute atomic E-state index is 0.0116. The fourth-order valence-corrected chi connectivity index (χ4v) is 6.59. The molecule has 0 bridgehead atoms. The third-order valence-electron chi connectivity index (χ3n) is 7.13. The van der Waals surface area contributed by atoms with Crippen LogP contribution in [0.4, 0.5) is 0 Å². The summed E-state index contributed by atoms with van der Waals surface area (Å²) in [6, 6.07) is 15.3. The molecule has 3 heterocycles. The molecule has 192 valence electrons. The molecule has 0 atom stereocenters. The van der Waals surface area contributed by atoms with Gasteiger partial charge in [-0.2, -0.15) is 4.31 Å². The highest BCUT2D eigenvalue weighted by atomic mass is 32.2. The minimum Gasteiger partial charge on any atom is -0.355 e. The second kappa shape index (κ2) is 11.0. The van der Waals surface area contributed by atoms with E-state index in [1.54, 1.807) is 12.1 Å². The molecule has 0 spiro atoms. The van der Waals surface area contributed by atoms with Gasteiger partial charge in [-0.1, -0.05) is 36.4 Å². The second-order valence-corrected chi connectivity index (χ2v) is 11.4. The first-order valence-corrected chi connectivity index (χ1v) is 13.9. The number of fused-ring (bicyclic) bond motifs is 1. The molecule has 2 fully saturated rings. The maximum absolute atomic E-state index is 13.2. The van der Waals surface area contributed by atoms with E-state index in [4.69, 9.17) is 4.63 Å². The highest BCUT2D eigenvalue weighted by Crippen LogP contribution is 2.27. The lowest BCUT2D eigenvalue weighted by Crippen LogP contribution is -2.48. The fraction of sp³-hybridized carbons (Fsp3) is 0.480. The van der Waals surface area contributed by atoms with Crippen LogP contribution in [-0.2, 0) is 21.4 Å². The number of rotatable bonds is 8. The average molecular weight is 513 g/mol. The first-order chi connectivity index (χ1) is 17.5. The first kappa shape index (κ1) is 24.8. The molecule has 1 N–H and O–H groups in total. The molecule has 1 amide bonds. The predicted octanol–water partition coefficient (Wildman–Crippen LogP) is 1.56. The van der Waals surface area contributed by atoms with Crippen molar-refractivity contribution in [3.63, 3.8) is 0 Å². The number of nitrogens with one attached hydrogen (secondary N) is 1. The summed E-state index contributed by atoms with van der Waals surface area (Å²) in [5.74, 6) is -0.166. The highest BCUT2D eigenvalue weighted by Gasteiger charge is 2.33. The number of carbonyl (C=O) groups is 1. The van der Waals surface area contributed by atoms with Gasteiger partial charge in [0, 0.05) is 64.8 Å². The maximum Gasteiger partial charge on any atom is 0.245 e. The van der Waals surface area contributed by atoms with Crippen molar-refractivity contribution in [3.05, 3.63) is 54.1 Å². The molecular weight excluding hydrogens is 480 g/mol. The molecule has 10 nitrogen and oxygen atoms in total. The van der Waals surface area contributed by atoms with E-state index >= 15 is 0 Å². The Labute approximate surface area is 211 Å². The van der Waals surface area contributed by atoms with Gasteiger partial charge in [-0.05, 0) is 40.9 Å². The van der Waals surface area contributed by atoms with Crippen LogP contribution < -0.4 is 5.32 Å². The van der Waals surface area contributed by atoms with E-state index in [1.807, 2.05) is 6.07 Å². The van der Waals surface area contributed by atoms with Gasteiger partial charge in [-0.3, -0.25) is 14.6 Å². The van der Waals surface area contributed by atoms with Crippen LogP contribution in [0.2, 0.25) is 0 Å². The fourth-order valence-electron chi connectivity index (χ4n) is 4.98. The standard InChI is InChI=1S/C25H32N6O4S/c32-25(26-11-14-29-15-17-30(18-16-29)19-20-5-2-1-3-6-20)21-9-12-31(13-10-21)36(33,34)23-8-4-7-22-24(23)28-35-27-22/h1-8,21H,9-19H2,(H,26,32). The van der Waals surface area contributed by atoms with Crippen molar-refractivity contribution >= 4 is 27.0 Å². The second-order valence-electron chi connectivity index (χ2n) is 9.46. The minimum atomic E-state index is -3.74. The Bertz CT molecular complexity index is 1270. The van der Waals surface area contributed by atoms with E-state index in [9.17, 15) is 13.2 Å². The van der Waals surface area contributed by atoms with E-state index in [2.05, 4.69) is 49.7 Å². The molecule has 2 aliphatic heterocycles. The lowest BCUT2D eigenvalue weighted by atomic mass is 9.97. The summed E-state index contributed by atoms with van der Waals surface area (Å²) >= 11 is 0.